The quantitative estimate of drug-likeness (QED) is 0.793. The topological polar surface area (TPSA) is 72.6 Å². The number of hydrogen-bond acceptors (Lipinski definition) is 4. The normalized spacial score (nSPS) is 13.5. The minimum absolute atomic E-state index is 0.170. The van der Waals surface area contributed by atoms with Gasteiger partial charge in [-0.05, 0) is 19.1 Å². The summed E-state index contributed by atoms with van der Waals surface area (Å²) in [6, 6.07) is 6.04. The lowest BCUT2D eigenvalue weighted by Gasteiger charge is -2.23. The Morgan fingerprint density at radius 2 is 2.16 bits per heavy atom. The molecule has 0 radical (unpaired) electrons. The van der Waals surface area contributed by atoms with Gasteiger partial charge in [-0.25, -0.2) is 8.42 Å². The van der Waals surface area contributed by atoms with E-state index in [1.807, 2.05) is 0 Å². The largest absolute Gasteiger partial charge is 0.389 e. The predicted octanol–water partition coefficient (Wildman–Crippen LogP) is 0.976. The number of rotatable bonds is 6. The van der Waals surface area contributed by atoms with E-state index in [4.69, 9.17) is 22.7 Å². The first-order valence-corrected chi connectivity index (χ1v) is 7.52. The molecule has 1 aromatic carbocycles. The molecule has 0 aliphatic carbocycles. The van der Waals surface area contributed by atoms with E-state index in [0.29, 0.717) is 12.2 Å². The van der Waals surface area contributed by atoms with Gasteiger partial charge in [-0.1, -0.05) is 24.4 Å². The smallest absolute Gasteiger partial charge is 0.243 e. The van der Waals surface area contributed by atoms with E-state index in [-0.39, 0.29) is 15.9 Å². The first kappa shape index (κ1) is 16.0. The number of methoxy groups -OCH3 is 1. The van der Waals surface area contributed by atoms with Gasteiger partial charge in [0.1, 0.15) is 4.99 Å². The van der Waals surface area contributed by atoms with E-state index in [1.165, 1.54) is 30.6 Å². The first-order valence-electron chi connectivity index (χ1n) is 5.67. The zero-order chi connectivity index (χ0) is 14.6. The lowest BCUT2D eigenvalue weighted by molar-refractivity contribution is 0.149. The molecule has 1 unspecified atom stereocenters. The van der Waals surface area contributed by atoms with Crippen LogP contribution in [0.25, 0.3) is 0 Å². The number of thiocarbonyl (C=S) groups is 1. The van der Waals surface area contributed by atoms with Gasteiger partial charge in [0.15, 0.2) is 0 Å². The minimum Gasteiger partial charge on any atom is -0.389 e. The van der Waals surface area contributed by atoms with Crippen LogP contribution in [-0.4, -0.2) is 44.5 Å². The second-order valence-corrected chi connectivity index (χ2v) is 6.66. The molecule has 0 aromatic heterocycles. The lowest BCUT2D eigenvalue weighted by Crippen LogP contribution is -2.37. The van der Waals surface area contributed by atoms with Crippen LogP contribution in [0, 0.1) is 0 Å². The molecule has 0 saturated carbocycles. The highest BCUT2D eigenvalue weighted by Crippen LogP contribution is 2.18. The first-order chi connectivity index (χ1) is 8.80. The highest BCUT2D eigenvalue weighted by Gasteiger charge is 2.25. The average molecular weight is 302 g/mol. The zero-order valence-electron chi connectivity index (χ0n) is 11.2. The monoisotopic (exact) mass is 302 g/mol. The van der Waals surface area contributed by atoms with Crippen molar-refractivity contribution in [2.45, 2.75) is 17.9 Å². The lowest BCUT2D eigenvalue weighted by atomic mass is 10.2. The van der Waals surface area contributed by atoms with Crippen LogP contribution in [0.4, 0.5) is 0 Å². The van der Waals surface area contributed by atoms with Crippen molar-refractivity contribution in [3.8, 4) is 0 Å². The van der Waals surface area contributed by atoms with Crippen LogP contribution in [0.5, 0.6) is 0 Å². The molecule has 1 aromatic rings. The molecule has 19 heavy (non-hydrogen) atoms. The molecular formula is C12H18N2O3S2. The second kappa shape index (κ2) is 6.42. The maximum Gasteiger partial charge on any atom is 0.243 e. The summed E-state index contributed by atoms with van der Waals surface area (Å²) < 4.78 is 31.1. The van der Waals surface area contributed by atoms with Gasteiger partial charge >= 0.3 is 0 Å². The van der Waals surface area contributed by atoms with Crippen LogP contribution in [0.1, 0.15) is 12.5 Å². The van der Waals surface area contributed by atoms with Gasteiger partial charge in [0.05, 0.1) is 11.5 Å². The molecule has 0 heterocycles. The molecule has 0 fully saturated rings. The van der Waals surface area contributed by atoms with Crippen LogP contribution < -0.4 is 5.73 Å². The van der Waals surface area contributed by atoms with Crippen LogP contribution in [-0.2, 0) is 14.8 Å². The fourth-order valence-corrected chi connectivity index (χ4v) is 3.08. The van der Waals surface area contributed by atoms with Crippen molar-refractivity contribution in [1.29, 1.82) is 0 Å². The number of nitrogens with zero attached hydrogens (tertiary/aromatic N) is 1. The summed E-state index contributed by atoms with van der Waals surface area (Å²) in [5, 5.41) is 0. The Hall–Kier alpha value is -1.02. The maximum absolute atomic E-state index is 12.4. The number of benzene rings is 1. The number of ether oxygens (including phenoxy) is 1. The van der Waals surface area contributed by atoms with Gasteiger partial charge in [-0.2, -0.15) is 4.31 Å². The fraction of sp³-hybridized carbons (Fsp3) is 0.417. The fourth-order valence-electron chi connectivity index (χ4n) is 1.56. The summed E-state index contributed by atoms with van der Waals surface area (Å²) in [6.45, 7) is 2.10. The molecule has 5 nitrogen and oxygen atoms in total. The van der Waals surface area contributed by atoms with E-state index in [0.717, 1.165) is 0 Å². The van der Waals surface area contributed by atoms with Crippen LogP contribution in [0.2, 0.25) is 0 Å². The van der Waals surface area contributed by atoms with Crippen molar-refractivity contribution in [2.24, 2.45) is 5.73 Å². The van der Waals surface area contributed by atoms with E-state index < -0.39 is 10.0 Å². The SMILES string of the molecule is COCC(C)N(C)S(=O)(=O)c1cccc(C(N)=S)c1. The molecule has 106 valence electrons. The molecule has 0 aliphatic rings. The summed E-state index contributed by atoms with van der Waals surface area (Å²) in [4.78, 5) is 0.341. The Labute approximate surface area is 119 Å². The van der Waals surface area contributed by atoms with E-state index in [2.05, 4.69) is 0 Å². The predicted molar refractivity (Wildman–Crippen MR) is 78.6 cm³/mol. The Balaban J connectivity index is 3.13. The third-order valence-corrected chi connectivity index (χ3v) is 5.03. The minimum atomic E-state index is -3.58. The summed E-state index contributed by atoms with van der Waals surface area (Å²) in [7, 11) is -0.526. The Morgan fingerprint density at radius 3 is 2.68 bits per heavy atom. The van der Waals surface area contributed by atoms with Crippen molar-refractivity contribution in [1.82, 2.24) is 4.31 Å². The van der Waals surface area contributed by atoms with Gasteiger partial charge in [0, 0.05) is 25.8 Å². The van der Waals surface area contributed by atoms with Crippen LogP contribution in [0.15, 0.2) is 29.2 Å². The molecule has 0 amide bonds. The molecule has 2 N–H and O–H groups in total. The van der Waals surface area contributed by atoms with Crippen molar-refractivity contribution < 1.29 is 13.2 Å². The number of sulfonamides is 1. The highest BCUT2D eigenvalue weighted by atomic mass is 32.2. The average Bonchev–Trinajstić information content (AvgIpc) is 2.38. The van der Waals surface area contributed by atoms with Gasteiger partial charge in [-0.3, -0.25) is 0 Å². The molecule has 7 heteroatoms. The second-order valence-electron chi connectivity index (χ2n) is 4.22. The van der Waals surface area contributed by atoms with Crippen LogP contribution in [0.3, 0.4) is 0 Å². The van der Waals surface area contributed by atoms with Crippen LogP contribution >= 0.6 is 12.2 Å². The molecule has 1 rings (SSSR count). The van der Waals surface area contributed by atoms with Crippen molar-refractivity contribution in [2.75, 3.05) is 20.8 Å². The van der Waals surface area contributed by atoms with E-state index >= 15 is 0 Å². The third-order valence-electron chi connectivity index (χ3n) is 2.82. The Morgan fingerprint density at radius 1 is 1.53 bits per heavy atom. The number of hydrogen-bond donors (Lipinski definition) is 1. The summed E-state index contributed by atoms with van der Waals surface area (Å²) in [5.41, 5.74) is 6.04. The highest BCUT2D eigenvalue weighted by molar-refractivity contribution is 7.89. The zero-order valence-corrected chi connectivity index (χ0v) is 12.8. The molecule has 0 saturated heterocycles. The van der Waals surface area contributed by atoms with Crippen molar-refractivity contribution in [3.05, 3.63) is 29.8 Å². The Bertz CT molecular complexity index is 558. The number of likely N-dealkylation sites (N-methyl/N-ethyl adjacent to an activating group) is 1. The van der Waals surface area contributed by atoms with E-state index in [9.17, 15) is 8.42 Å². The molecule has 1 atom stereocenters. The van der Waals surface area contributed by atoms with Gasteiger partial charge in [0.25, 0.3) is 0 Å². The van der Waals surface area contributed by atoms with Gasteiger partial charge in [0.2, 0.25) is 10.0 Å². The summed E-state index contributed by atoms with van der Waals surface area (Å²) >= 11 is 4.85. The summed E-state index contributed by atoms with van der Waals surface area (Å²) in [6.07, 6.45) is 0. The molecule has 0 spiro atoms. The Kier molecular flexibility index (Phi) is 5.42. The van der Waals surface area contributed by atoms with Crippen molar-refractivity contribution >= 4 is 27.2 Å². The standard InChI is InChI=1S/C12H18N2O3S2/c1-9(8-17-3)14(2)19(15,16)11-6-4-5-10(7-11)12(13)18/h4-7,9H,8H2,1-3H3,(H2,13,18). The van der Waals surface area contributed by atoms with Gasteiger partial charge in [-0.15, -0.1) is 0 Å². The van der Waals surface area contributed by atoms with Gasteiger partial charge < -0.3 is 10.5 Å². The summed E-state index contributed by atoms with van der Waals surface area (Å²) in [5.74, 6) is 0. The molecular weight excluding hydrogens is 284 g/mol. The third kappa shape index (κ3) is 3.73. The molecule has 0 bridgehead atoms. The maximum atomic E-state index is 12.4. The van der Waals surface area contributed by atoms with E-state index in [1.54, 1.807) is 19.1 Å². The molecule has 0 aliphatic heterocycles. The van der Waals surface area contributed by atoms with Crippen molar-refractivity contribution in [3.63, 3.8) is 0 Å². The number of nitrogens with two attached hydrogens (primary N) is 1.